The van der Waals surface area contributed by atoms with Gasteiger partial charge in [-0.05, 0) is 55.9 Å². The molecule has 0 aromatic rings. The summed E-state index contributed by atoms with van der Waals surface area (Å²) in [7, 11) is 1.29. The molecule has 25 heavy (non-hydrogen) atoms. The van der Waals surface area contributed by atoms with Gasteiger partial charge in [-0.15, -0.1) is 0 Å². The van der Waals surface area contributed by atoms with Gasteiger partial charge in [-0.3, -0.25) is 9.59 Å². The number of methoxy groups -OCH3 is 1. The van der Waals surface area contributed by atoms with E-state index in [1.165, 1.54) is 7.11 Å². The second-order valence-corrected chi connectivity index (χ2v) is 7.55. The summed E-state index contributed by atoms with van der Waals surface area (Å²) in [4.78, 5) is 23.2. The van der Waals surface area contributed by atoms with Gasteiger partial charge in [0.15, 0.2) is 0 Å². The van der Waals surface area contributed by atoms with Crippen LogP contribution in [0.15, 0.2) is 23.8 Å². The number of carbonyl (C=O) groups is 2. The molecule has 0 bridgehead atoms. The molecule has 2 aliphatic carbocycles. The third-order valence-corrected chi connectivity index (χ3v) is 5.76. The Hall–Kier alpha value is -1.62. The van der Waals surface area contributed by atoms with E-state index in [0.717, 1.165) is 24.0 Å². The van der Waals surface area contributed by atoms with E-state index in [-0.39, 0.29) is 24.7 Å². The summed E-state index contributed by atoms with van der Waals surface area (Å²) in [5.41, 5.74) is 2.02. The van der Waals surface area contributed by atoms with Gasteiger partial charge in [-0.1, -0.05) is 25.2 Å². The van der Waals surface area contributed by atoms with Crippen LogP contribution in [0.5, 0.6) is 0 Å². The molecule has 0 aromatic heterocycles. The van der Waals surface area contributed by atoms with Gasteiger partial charge < -0.3 is 14.6 Å². The summed E-state index contributed by atoms with van der Waals surface area (Å²) >= 11 is 0. The summed E-state index contributed by atoms with van der Waals surface area (Å²) in [5, 5.41) is 10.9. The first-order chi connectivity index (χ1) is 11.8. The summed E-state index contributed by atoms with van der Waals surface area (Å²) in [6, 6.07) is 0. The number of hydrogen-bond acceptors (Lipinski definition) is 5. The number of carbonyl (C=O) groups excluding carboxylic acids is 2. The first-order valence-corrected chi connectivity index (χ1v) is 9.04. The molecule has 0 radical (unpaired) electrons. The zero-order valence-corrected chi connectivity index (χ0v) is 15.7. The van der Waals surface area contributed by atoms with Crippen LogP contribution < -0.4 is 0 Å². The molecule has 0 heterocycles. The normalized spacial score (nSPS) is 34.5. The standard InChI is InChI=1S/C20H30O5/c1-11(2)14-7-6-12(3)18-15(14)10-13(4)20(19(18)23)25-17(22)9-8-16(21)24-5/h10,12,14-15,18-20,23H,1,6-9H2,2-5H3. The number of allylic oxidation sites excluding steroid dienone is 2. The van der Waals surface area contributed by atoms with Crippen molar-refractivity contribution in [3.8, 4) is 0 Å². The zero-order chi connectivity index (χ0) is 18.7. The van der Waals surface area contributed by atoms with Crippen LogP contribution in [0.2, 0.25) is 0 Å². The topological polar surface area (TPSA) is 72.8 Å². The summed E-state index contributed by atoms with van der Waals surface area (Å²) in [6.45, 7) is 10.2. The fraction of sp³-hybridized carbons (Fsp3) is 0.700. The summed E-state index contributed by atoms with van der Waals surface area (Å²) in [5.74, 6) is 0.0797. The van der Waals surface area contributed by atoms with Crippen molar-refractivity contribution in [1.82, 2.24) is 0 Å². The molecule has 2 aliphatic rings. The fourth-order valence-electron chi connectivity index (χ4n) is 4.38. The van der Waals surface area contributed by atoms with E-state index < -0.39 is 24.1 Å². The lowest BCUT2D eigenvalue weighted by Crippen LogP contribution is -2.50. The van der Waals surface area contributed by atoms with Crippen molar-refractivity contribution in [3.63, 3.8) is 0 Å². The lowest BCUT2D eigenvalue weighted by atomic mass is 9.60. The number of aliphatic hydroxyl groups is 1. The van der Waals surface area contributed by atoms with E-state index in [4.69, 9.17) is 4.74 Å². The molecule has 2 rings (SSSR count). The Morgan fingerprint density at radius 1 is 1.28 bits per heavy atom. The second-order valence-electron chi connectivity index (χ2n) is 7.55. The van der Waals surface area contributed by atoms with E-state index >= 15 is 0 Å². The summed E-state index contributed by atoms with van der Waals surface area (Å²) < 4.78 is 10.1. The molecule has 1 saturated carbocycles. The monoisotopic (exact) mass is 350 g/mol. The van der Waals surface area contributed by atoms with Gasteiger partial charge in [0.2, 0.25) is 0 Å². The second kappa shape index (κ2) is 8.17. The molecule has 1 fully saturated rings. The number of fused-ring (bicyclic) bond motifs is 1. The van der Waals surface area contributed by atoms with Crippen LogP contribution in [0.25, 0.3) is 0 Å². The minimum atomic E-state index is -0.728. The number of aliphatic hydroxyl groups excluding tert-OH is 1. The molecule has 5 heteroatoms. The molecule has 0 aromatic carbocycles. The van der Waals surface area contributed by atoms with Gasteiger partial charge in [-0.25, -0.2) is 0 Å². The smallest absolute Gasteiger partial charge is 0.307 e. The molecule has 1 N–H and O–H groups in total. The first-order valence-electron chi connectivity index (χ1n) is 9.04. The largest absolute Gasteiger partial charge is 0.469 e. The van der Waals surface area contributed by atoms with E-state index in [1.54, 1.807) is 0 Å². The Morgan fingerprint density at radius 3 is 2.52 bits per heavy atom. The highest BCUT2D eigenvalue weighted by molar-refractivity contribution is 5.77. The van der Waals surface area contributed by atoms with E-state index in [2.05, 4.69) is 24.3 Å². The predicted molar refractivity (Wildman–Crippen MR) is 94.6 cm³/mol. The number of ether oxygens (including phenoxy) is 2. The highest BCUT2D eigenvalue weighted by Gasteiger charge is 2.47. The molecule has 0 amide bonds. The molecular formula is C20H30O5. The van der Waals surface area contributed by atoms with Crippen LogP contribution >= 0.6 is 0 Å². The van der Waals surface area contributed by atoms with Crippen molar-refractivity contribution in [2.45, 2.75) is 58.7 Å². The minimum absolute atomic E-state index is 0.0128. The number of esters is 2. The Labute approximate surface area is 150 Å². The lowest BCUT2D eigenvalue weighted by Gasteiger charge is -2.48. The van der Waals surface area contributed by atoms with Crippen LogP contribution in [0.4, 0.5) is 0 Å². The maximum Gasteiger partial charge on any atom is 0.307 e. The van der Waals surface area contributed by atoms with Crippen LogP contribution in [0.3, 0.4) is 0 Å². The van der Waals surface area contributed by atoms with Crippen LogP contribution in [0.1, 0.15) is 46.5 Å². The Kier molecular flexibility index (Phi) is 6.44. The van der Waals surface area contributed by atoms with Crippen molar-refractivity contribution < 1.29 is 24.2 Å². The van der Waals surface area contributed by atoms with E-state index in [0.29, 0.717) is 11.8 Å². The van der Waals surface area contributed by atoms with Crippen molar-refractivity contribution in [1.29, 1.82) is 0 Å². The van der Waals surface area contributed by atoms with Crippen LogP contribution in [-0.2, 0) is 19.1 Å². The predicted octanol–water partition coefficient (Wildman–Crippen LogP) is 3.03. The van der Waals surface area contributed by atoms with Crippen molar-refractivity contribution in [2.24, 2.45) is 23.7 Å². The maximum atomic E-state index is 12.1. The van der Waals surface area contributed by atoms with Gasteiger partial charge in [-0.2, -0.15) is 0 Å². The molecule has 0 aliphatic heterocycles. The molecule has 5 nitrogen and oxygen atoms in total. The third-order valence-electron chi connectivity index (χ3n) is 5.76. The number of hydrogen-bond donors (Lipinski definition) is 1. The highest BCUT2D eigenvalue weighted by atomic mass is 16.6. The Balaban J connectivity index is 2.13. The lowest BCUT2D eigenvalue weighted by molar-refractivity contribution is -0.160. The maximum absolute atomic E-state index is 12.1. The Bertz CT molecular complexity index is 564. The van der Waals surface area contributed by atoms with Gasteiger partial charge >= 0.3 is 11.9 Å². The average Bonchev–Trinajstić information content (AvgIpc) is 2.55. The van der Waals surface area contributed by atoms with Crippen molar-refractivity contribution in [2.75, 3.05) is 7.11 Å². The zero-order valence-electron chi connectivity index (χ0n) is 15.7. The minimum Gasteiger partial charge on any atom is -0.469 e. The van der Waals surface area contributed by atoms with Gasteiger partial charge in [0, 0.05) is 0 Å². The van der Waals surface area contributed by atoms with Gasteiger partial charge in [0.25, 0.3) is 0 Å². The molecule has 6 atom stereocenters. The SMILES string of the molecule is C=C(C)C1CCC(C)C2C(O)C(OC(=O)CCC(=O)OC)C(C)=CC12. The van der Waals surface area contributed by atoms with Crippen LogP contribution in [-0.4, -0.2) is 36.4 Å². The Morgan fingerprint density at radius 2 is 1.92 bits per heavy atom. The molecule has 0 saturated heterocycles. The highest BCUT2D eigenvalue weighted by Crippen LogP contribution is 2.48. The van der Waals surface area contributed by atoms with E-state index in [9.17, 15) is 14.7 Å². The first kappa shape index (κ1) is 19.7. The summed E-state index contributed by atoms with van der Waals surface area (Å²) in [6.07, 6.45) is 2.85. The molecular weight excluding hydrogens is 320 g/mol. The van der Waals surface area contributed by atoms with Crippen molar-refractivity contribution >= 4 is 11.9 Å². The van der Waals surface area contributed by atoms with Gasteiger partial charge in [0.05, 0.1) is 26.1 Å². The van der Waals surface area contributed by atoms with E-state index in [1.807, 2.05) is 13.8 Å². The van der Waals surface area contributed by atoms with Crippen LogP contribution in [0, 0.1) is 23.7 Å². The average molecular weight is 350 g/mol. The molecule has 140 valence electrons. The molecule has 0 spiro atoms. The fourth-order valence-corrected chi connectivity index (χ4v) is 4.38. The van der Waals surface area contributed by atoms with Gasteiger partial charge in [0.1, 0.15) is 6.10 Å². The molecule has 6 unspecified atom stereocenters. The number of rotatable bonds is 5. The van der Waals surface area contributed by atoms with Crippen molar-refractivity contribution in [3.05, 3.63) is 23.8 Å². The quantitative estimate of drug-likeness (QED) is 0.609. The third kappa shape index (κ3) is 4.32.